The molecule has 0 bridgehead atoms. The summed E-state index contributed by atoms with van der Waals surface area (Å²) in [5.74, 6) is -1.99. The highest BCUT2D eigenvalue weighted by Gasteiger charge is 2.20. The first-order valence-electron chi connectivity index (χ1n) is 8.07. The molecule has 0 saturated carbocycles. The highest BCUT2D eigenvalue weighted by molar-refractivity contribution is 5.95. The van der Waals surface area contributed by atoms with Crippen LogP contribution in [0.3, 0.4) is 0 Å². The zero-order valence-corrected chi connectivity index (χ0v) is 14.3. The molecule has 8 heteroatoms. The first-order valence-corrected chi connectivity index (χ1v) is 8.07. The number of oxazole rings is 1. The monoisotopic (exact) mass is 365 g/mol. The highest BCUT2D eigenvalue weighted by atomic mass is 16.5. The molecule has 0 aliphatic heterocycles. The van der Waals surface area contributed by atoms with E-state index in [1.54, 1.807) is 42.5 Å². The second-order valence-electron chi connectivity index (χ2n) is 5.74. The first-order chi connectivity index (χ1) is 13.0. The van der Waals surface area contributed by atoms with Crippen molar-refractivity contribution in [3.63, 3.8) is 0 Å². The zero-order chi connectivity index (χ0) is 19.4. The standard InChI is InChI=1S/C19H15N3O5/c1-12(18(24)21-14-6-4-5-13(9-14)10-20)26-17(23)11-22-15-7-2-3-8-16(15)27-19(22)25/h2-9,12H,11H2,1H3,(H,21,24)/t12-/m0/s1. The predicted octanol–water partition coefficient (Wildman–Crippen LogP) is 2.04. The Bertz CT molecular complexity index is 1110. The number of nitriles is 1. The fourth-order valence-corrected chi connectivity index (χ4v) is 2.49. The second kappa shape index (κ2) is 7.58. The number of hydrogen-bond acceptors (Lipinski definition) is 6. The molecule has 1 atom stereocenters. The number of carbonyl (C=O) groups excluding carboxylic acids is 2. The Morgan fingerprint density at radius 1 is 1.26 bits per heavy atom. The number of ether oxygens (including phenoxy) is 1. The van der Waals surface area contributed by atoms with Crippen LogP contribution in [0, 0.1) is 11.3 Å². The molecule has 0 spiro atoms. The van der Waals surface area contributed by atoms with Crippen LogP contribution in [-0.2, 0) is 20.9 Å². The Morgan fingerprint density at radius 3 is 2.81 bits per heavy atom. The molecule has 8 nitrogen and oxygen atoms in total. The summed E-state index contributed by atoms with van der Waals surface area (Å²) < 4.78 is 11.3. The molecule has 0 aliphatic rings. The van der Waals surface area contributed by atoms with Gasteiger partial charge < -0.3 is 14.5 Å². The smallest absolute Gasteiger partial charge is 0.420 e. The molecule has 27 heavy (non-hydrogen) atoms. The van der Waals surface area contributed by atoms with E-state index >= 15 is 0 Å². The average Bonchev–Trinajstić information content (AvgIpc) is 2.97. The summed E-state index contributed by atoms with van der Waals surface area (Å²) >= 11 is 0. The molecule has 0 unspecified atom stereocenters. The van der Waals surface area contributed by atoms with E-state index in [0.29, 0.717) is 22.4 Å². The van der Waals surface area contributed by atoms with Crippen LogP contribution >= 0.6 is 0 Å². The number of amides is 1. The molecule has 0 fully saturated rings. The van der Waals surface area contributed by atoms with Gasteiger partial charge in [0, 0.05) is 5.69 Å². The molecule has 0 radical (unpaired) electrons. The van der Waals surface area contributed by atoms with Gasteiger partial charge in [-0.3, -0.25) is 14.2 Å². The Hall–Kier alpha value is -3.86. The van der Waals surface area contributed by atoms with Crippen LogP contribution < -0.4 is 11.1 Å². The third-order valence-corrected chi connectivity index (χ3v) is 3.80. The quantitative estimate of drug-likeness (QED) is 0.692. The van der Waals surface area contributed by atoms with Crippen LogP contribution in [0.2, 0.25) is 0 Å². The summed E-state index contributed by atoms with van der Waals surface area (Å²) in [6.07, 6.45) is -1.09. The number of fused-ring (bicyclic) bond motifs is 1. The third kappa shape index (κ3) is 4.04. The van der Waals surface area contributed by atoms with Gasteiger partial charge in [0.1, 0.15) is 6.54 Å². The van der Waals surface area contributed by atoms with Crippen LogP contribution in [0.5, 0.6) is 0 Å². The van der Waals surface area contributed by atoms with E-state index in [1.807, 2.05) is 6.07 Å². The van der Waals surface area contributed by atoms with Crippen molar-refractivity contribution < 1.29 is 18.7 Å². The van der Waals surface area contributed by atoms with Gasteiger partial charge in [-0.25, -0.2) is 4.79 Å². The Morgan fingerprint density at radius 2 is 2.04 bits per heavy atom. The fourth-order valence-electron chi connectivity index (χ4n) is 2.49. The number of esters is 1. The topological polar surface area (TPSA) is 114 Å². The van der Waals surface area contributed by atoms with Gasteiger partial charge in [-0.2, -0.15) is 5.26 Å². The molecule has 0 saturated heterocycles. The van der Waals surface area contributed by atoms with E-state index in [-0.39, 0.29) is 6.54 Å². The average molecular weight is 365 g/mol. The van der Waals surface area contributed by atoms with Gasteiger partial charge >= 0.3 is 11.7 Å². The fraction of sp³-hybridized carbons (Fsp3) is 0.158. The summed E-state index contributed by atoms with van der Waals surface area (Å²) in [6.45, 7) is 1.04. The van der Waals surface area contributed by atoms with Crippen LogP contribution in [-0.4, -0.2) is 22.5 Å². The van der Waals surface area contributed by atoms with E-state index in [0.717, 1.165) is 4.57 Å². The Labute approximate surface area is 153 Å². The lowest BCUT2D eigenvalue weighted by atomic mass is 10.2. The van der Waals surface area contributed by atoms with Crippen molar-refractivity contribution in [1.29, 1.82) is 5.26 Å². The van der Waals surface area contributed by atoms with Crippen molar-refractivity contribution in [3.05, 3.63) is 64.6 Å². The number of nitrogens with zero attached hydrogens (tertiary/aromatic N) is 2. The molecule has 0 aliphatic carbocycles. The van der Waals surface area contributed by atoms with Crippen LogP contribution in [0.1, 0.15) is 12.5 Å². The lowest BCUT2D eigenvalue weighted by Gasteiger charge is -2.13. The van der Waals surface area contributed by atoms with E-state index in [1.165, 1.54) is 13.0 Å². The maximum atomic E-state index is 12.2. The maximum absolute atomic E-state index is 12.2. The van der Waals surface area contributed by atoms with Crippen LogP contribution in [0.15, 0.2) is 57.7 Å². The molecule has 3 aromatic rings. The number of rotatable bonds is 5. The molecule has 1 heterocycles. The summed E-state index contributed by atoms with van der Waals surface area (Å²) in [7, 11) is 0. The van der Waals surface area contributed by atoms with E-state index < -0.39 is 23.7 Å². The predicted molar refractivity (Wildman–Crippen MR) is 95.8 cm³/mol. The van der Waals surface area contributed by atoms with Crippen molar-refractivity contribution in [2.75, 3.05) is 5.32 Å². The minimum Gasteiger partial charge on any atom is -0.451 e. The van der Waals surface area contributed by atoms with Gasteiger partial charge in [0.25, 0.3) is 5.91 Å². The van der Waals surface area contributed by atoms with Gasteiger partial charge in [0.05, 0.1) is 17.1 Å². The van der Waals surface area contributed by atoms with E-state index in [9.17, 15) is 14.4 Å². The van der Waals surface area contributed by atoms with Gasteiger partial charge in [-0.05, 0) is 37.3 Å². The zero-order valence-electron chi connectivity index (χ0n) is 14.3. The minimum absolute atomic E-state index is 0.360. The maximum Gasteiger partial charge on any atom is 0.420 e. The number of aromatic nitrogens is 1. The highest BCUT2D eigenvalue weighted by Crippen LogP contribution is 2.13. The lowest BCUT2D eigenvalue weighted by molar-refractivity contribution is -0.153. The van der Waals surface area contributed by atoms with Crippen molar-refractivity contribution in [3.8, 4) is 6.07 Å². The molecule has 1 N–H and O–H groups in total. The van der Waals surface area contributed by atoms with Crippen molar-refractivity contribution in [2.45, 2.75) is 19.6 Å². The molecular formula is C19H15N3O5. The van der Waals surface area contributed by atoms with E-state index in [2.05, 4.69) is 5.32 Å². The summed E-state index contributed by atoms with van der Waals surface area (Å²) in [6, 6.07) is 15.0. The molecular weight excluding hydrogens is 350 g/mol. The van der Waals surface area contributed by atoms with Crippen LogP contribution in [0.4, 0.5) is 5.69 Å². The molecule has 136 valence electrons. The first kappa shape index (κ1) is 17.9. The normalized spacial score (nSPS) is 11.6. The summed E-state index contributed by atoms with van der Waals surface area (Å²) in [5.41, 5.74) is 1.63. The van der Waals surface area contributed by atoms with Gasteiger partial charge in [0.2, 0.25) is 0 Å². The molecule has 1 aromatic heterocycles. The number of para-hydroxylation sites is 2. The lowest BCUT2D eigenvalue weighted by Crippen LogP contribution is -2.32. The Kier molecular flexibility index (Phi) is 5.04. The number of anilines is 1. The molecule has 1 amide bonds. The largest absolute Gasteiger partial charge is 0.451 e. The molecule has 2 aromatic carbocycles. The van der Waals surface area contributed by atoms with Gasteiger partial charge in [-0.1, -0.05) is 18.2 Å². The summed E-state index contributed by atoms with van der Waals surface area (Å²) in [4.78, 5) is 36.2. The van der Waals surface area contributed by atoms with E-state index in [4.69, 9.17) is 14.4 Å². The van der Waals surface area contributed by atoms with Crippen molar-refractivity contribution in [2.24, 2.45) is 0 Å². The number of carbonyl (C=O) groups is 2. The van der Waals surface area contributed by atoms with Gasteiger partial charge in [0.15, 0.2) is 11.7 Å². The number of hydrogen-bond donors (Lipinski definition) is 1. The summed E-state index contributed by atoms with van der Waals surface area (Å²) in [5, 5.41) is 11.4. The third-order valence-electron chi connectivity index (χ3n) is 3.80. The number of benzene rings is 2. The van der Waals surface area contributed by atoms with Gasteiger partial charge in [-0.15, -0.1) is 0 Å². The minimum atomic E-state index is -1.09. The number of nitrogens with one attached hydrogen (secondary N) is 1. The van der Waals surface area contributed by atoms with Crippen LogP contribution in [0.25, 0.3) is 11.1 Å². The SMILES string of the molecule is C[C@H](OC(=O)Cn1c(=O)oc2ccccc21)C(=O)Nc1cccc(C#N)c1. The Balaban J connectivity index is 1.64. The van der Waals surface area contributed by atoms with Crippen molar-refractivity contribution >= 4 is 28.7 Å². The molecule has 3 rings (SSSR count). The van der Waals surface area contributed by atoms with Crippen molar-refractivity contribution in [1.82, 2.24) is 4.57 Å². The second-order valence-corrected chi connectivity index (χ2v) is 5.74.